The number of anilines is 1. The van der Waals surface area contributed by atoms with Crippen molar-refractivity contribution in [2.24, 2.45) is 0 Å². The summed E-state index contributed by atoms with van der Waals surface area (Å²) in [5.41, 5.74) is -0.106. The highest BCUT2D eigenvalue weighted by Crippen LogP contribution is 2.28. The SMILES string of the molecule is COc1ccc(NC(=O)CN[C@H](C)c2ccco2)c([N+](=O)[O-])c1. The molecule has 0 saturated carbocycles. The van der Waals surface area contributed by atoms with Crippen molar-refractivity contribution in [1.82, 2.24) is 5.32 Å². The predicted octanol–water partition coefficient (Wildman–Crippen LogP) is 2.49. The molecule has 122 valence electrons. The van der Waals surface area contributed by atoms with Gasteiger partial charge in [0.1, 0.15) is 17.2 Å². The van der Waals surface area contributed by atoms with Crippen molar-refractivity contribution in [2.75, 3.05) is 19.0 Å². The van der Waals surface area contributed by atoms with E-state index in [1.165, 1.54) is 19.2 Å². The summed E-state index contributed by atoms with van der Waals surface area (Å²) < 4.78 is 10.2. The molecule has 1 heterocycles. The fourth-order valence-electron chi connectivity index (χ4n) is 1.97. The minimum Gasteiger partial charge on any atom is -0.496 e. The average molecular weight is 319 g/mol. The van der Waals surface area contributed by atoms with Crippen LogP contribution in [0.1, 0.15) is 18.7 Å². The summed E-state index contributed by atoms with van der Waals surface area (Å²) in [7, 11) is 1.41. The van der Waals surface area contributed by atoms with Crippen LogP contribution in [0, 0.1) is 10.1 Å². The van der Waals surface area contributed by atoms with Crippen LogP contribution in [-0.2, 0) is 4.79 Å². The Kier molecular flexibility index (Phi) is 5.32. The van der Waals surface area contributed by atoms with Gasteiger partial charge in [-0.05, 0) is 31.2 Å². The number of carbonyl (C=O) groups excluding carboxylic acids is 1. The molecule has 0 bridgehead atoms. The molecule has 2 rings (SSSR count). The van der Waals surface area contributed by atoms with Crippen molar-refractivity contribution in [3.05, 3.63) is 52.5 Å². The van der Waals surface area contributed by atoms with Gasteiger partial charge in [0.05, 0.1) is 36.9 Å². The number of methoxy groups -OCH3 is 1. The van der Waals surface area contributed by atoms with Gasteiger partial charge in [0.25, 0.3) is 5.69 Å². The summed E-state index contributed by atoms with van der Waals surface area (Å²) >= 11 is 0. The first kappa shape index (κ1) is 16.5. The molecule has 23 heavy (non-hydrogen) atoms. The van der Waals surface area contributed by atoms with Crippen LogP contribution in [-0.4, -0.2) is 24.5 Å². The number of nitro benzene ring substituents is 1. The lowest BCUT2D eigenvalue weighted by Gasteiger charge is -2.12. The van der Waals surface area contributed by atoms with Gasteiger partial charge < -0.3 is 14.5 Å². The Labute approximate surface area is 132 Å². The molecule has 1 aromatic carbocycles. The van der Waals surface area contributed by atoms with Gasteiger partial charge in [-0.2, -0.15) is 0 Å². The molecule has 1 amide bonds. The number of carbonyl (C=O) groups is 1. The highest BCUT2D eigenvalue weighted by molar-refractivity contribution is 5.94. The van der Waals surface area contributed by atoms with Crippen LogP contribution < -0.4 is 15.4 Å². The molecular formula is C15H17N3O5. The van der Waals surface area contributed by atoms with Gasteiger partial charge in [-0.25, -0.2) is 0 Å². The van der Waals surface area contributed by atoms with E-state index in [0.717, 1.165) is 0 Å². The first-order valence-corrected chi connectivity index (χ1v) is 6.90. The molecule has 0 aliphatic carbocycles. The largest absolute Gasteiger partial charge is 0.496 e. The number of rotatable bonds is 7. The summed E-state index contributed by atoms with van der Waals surface area (Å²) in [4.78, 5) is 22.4. The molecular weight excluding hydrogens is 302 g/mol. The third-order valence-electron chi connectivity index (χ3n) is 3.21. The maximum absolute atomic E-state index is 12.0. The number of amides is 1. The second kappa shape index (κ2) is 7.41. The van der Waals surface area contributed by atoms with Gasteiger partial charge in [0.15, 0.2) is 0 Å². The van der Waals surface area contributed by atoms with Crippen LogP contribution in [0.25, 0.3) is 0 Å². The zero-order chi connectivity index (χ0) is 16.8. The van der Waals surface area contributed by atoms with Gasteiger partial charge in [0, 0.05) is 0 Å². The zero-order valence-electron chi connectivity index (χ0n) is 12.7. The van der Waals surface area contributed by atoms with Crippen molar-refractivity contribution in [1.29, 1.82) is 0 Å². The van der Waals surface area contributed by atoms with Crippen molar-refractivity contribution in [2.45, 2.75) is 13.0 Å². The summed E-state index contributed by atoms with van der Waals surface area (Å²) in [6.45, 7) is 1.84. The van der Waals surface area contributed by atoms with Gasteiger partial charge in [0.2, 0.25) is 5.91 Å². The smallest absolute Gasteiger partial charge is 0.296 e. The van der Waals surface area contributed by atoms with Gasteiger partial charge >= 0.3 is 0 Å². The number of nitrogens with one attached hydrogen (secondary N) is 2. The summed E-state index contributed by atoms with van der Waals surface area (Å²) in [5.74, 6) is 0.657. The Morgan fingerprint density at radius 2 is 2.22 bits per heavy atom. The van der Waals surface area contributed by atoms with Crippen molar-refractivity contribution in [3.63, 3.8) is 0 Å². The number of benzene rings is 1. The first-order chi connectivity index (χ1) is 11.0. The topological polar surface area (TPSA) is 107 Å². The Balaban J connectivity index is 1.98. The molecule has 0 radical (unpaired) electrons. The average Bonchev–Trinajstić information content (AvgIpc) is 3.07. The molecule has 1 aromatic heterocycles. The van der Waals surface area contributed by atoms with Crippen LogP contribution in [0.5, 0.6) is 5.75 Å². The quantitative estimate of drug-likeness (QED) is 0.600. The highest BCUT2D eigenvalue weighted by atomic mass is 16.6. The summed E-state index contributed by atoms with van der Waals surface area (Å²) in [5, 5.41) is 16.6. The minimum absolute atomic E-state index is 0.00888. The summed E-state index contributed by atoms with van der Waals surface area (Å²) in [6, 6.07) is 7.64. The molecule has 0 unspecified atom stereocenters. The fourth-order valence-corrected chi connectivity index (χ4v) is 1.97. The third-order valence-corrected chi connectivity index (χ3v) is 3.21. The molecule has 0 spiro atoms. The lowest BCUT2D eigenvalue weighted by Crippen LogP contribution is -2.30. The standard InChI is InChI=1S/C15H17N3O5/c1-10(14-4-3-7-23-14)16-9-15(19)17-12-6-5-11(22-2)8-13(12)18(20)21/h3-8,10,16H,9H2,1-2H3,(H,17,19)/t10-/m1/s1. The third kappa shape index (κ3) is 4.30. The van der Waals surface area contributed by atoms with Gasteiger partial charge in [-0.1, -0.05) is 0 Å². The van der Waals surface area contributed by atoms with Crippen LogP contribution in [0.3, 0.4) is 0 Å². The first-order valence-electron chi connectivity index (χ1n) is 6.90. The molecule has 0 saturated heterocycles. The molecule has 0 fully saturated rings. The maximum atomic E-state index is 12.0. The van der Waals surface area contributed by atoms with E-state index < -0.39 is 10.8 Å². The fraction of sp³-hybridized carbons (Fsp3) is 0.267. The Morgan fingerprint density at radius 1 is 1.43 bits per heavy atom. The van der Waals surface area contributed by atoms with Crippen molar-refractivity contribution < 1.29 is 18.9 Å². The minimum atomic E-state index is -0.572. The van der Waals surface area contributed by atoms with E-state index in [-0.39, 0.29) is 24.0 Å². The van der Waals surface area contributed by atoms with E-state index in [1.54, 1.807) is 24.5 Å². The number of hydrogen-bond acceptors (Lipinski definition) is 6. The number of hydrogen-bond donors (Lipinski definition) is 2. The Hall–Kier alpha value is -2.87. The van der Waals surface area contributed by atoms with Crippen LogP contribution in [0.4, 0.5) is 11.4 Å². The Bertz CT molecular complexity index is 684. The lowest BCUT2D eigenvalue weighted by molar-refractivity contribution is -0.384. The predicted molar refractivity (Wildman–Crippen MR) is 83.4 cm³/mol. The number of ether oxygens (including phenoxy) is 1. The van der Waals surface area contributed by atoms with E-state index >= 15 is 0 Å². The molecule has 0 aliphatic rings. The van der Waals surface area contributed by atoms with Crippen LogP contribution in [0.2, 0.25) is 0 Å². The van der Waals surface area contributed by atoms with E-state index in [4.69, 9.17) is 9.15 Å². The lowest BCUT2D eigenvalue weighted by atomic mass is 10.2. The van der Waals surface area contributed by atoms with Crippen molar-refractivity contribution >= 4 is 17.3 Å². The second-order valence-electron chi connectivity index (χ2n) is 4.81. The molecule has 0 aliphatic heterocycles. The zero-order valence-corrected chi connectivity index (χ0v) is 12.7. The van der Waals surface area contributed by atoms with Gasteiger partial charge in [-0.3, -0.25) is 20.2 Å². The van der Waals surface area contributed by atoms with Crippen molar-refractivity contribution in [3.8, 4) is 5.75 Å². The second-order valence-corrected chi connectivity index (χ2v) is 4.81. The number of furan rings is 1. The highest BCUT2D eigenvalue weighted by Gasteiger charge is 2.17. The van der Waals surface area contributed by atoms with E-state index in [1.807, 2.05) is 6.92 Å². The van der Waals surface area contributed by atoms with E-state index in [0.29, 0.717) is 11.5 Å². The maximum Gasteiger partial charge on any atom is 0.296 e. The van der Waals surface area contributed by atoms with Crippen LogP contribution in [0.15, 0.2) is 41.0 Å². The van der Waals surface area contributed by atoms with E-state index in [2.05, 4.69) is 10.6 Å². The number of nitro groups is 1. The summed E-state index contributed by atoms with van der Waals surface area (Å²) in [6.07, 6.45) is 1.55. The number of nitrogens with zero attached hydrogens (tertiary/aromatic N) is 1. The van der Waals surface area contributed by atoms with E-state index in [9.17, 15) is 14.9 Å². The molecule has 8 heteroatoms. The normalized spacial score (nSPS) is 11.7. The monoisotopic (exact) mass is 319 g/mol. The Morgan fingerprint density at radius 3 is 2.83 bits per heavy atom. The van der Waals surface area contributed by atoms with Gasteiger partial charge in [-0.15, -0.1) is 0 Å². The molecule has 8 nitrogen and oxygen atoms in total. The molecule has 2 N–H and O–H groups in total. The van der Waals surface area contributed by atoms with Crippen LogP contribution >= 0.6 is 0 Å². The molecule has 1 atom stereocenters. The molecule has 2 aromatic rings.